The normalized spacial score (nSPS) is 21.5. The number of likely N-dealkylation sites (N-methyl/N-ethyl adjacent to an activating group) is 1. The van der Waals surface area contributed by atoms with E-state index >= 15 is 0 Å². The van der Waals surface area contributed by atoms with Gasteiger partial charge in [0.1, 0.15) is 0 Å². The van der Waals surface area contributed by atoms with Gasteiger partial charge in [-0.1, -0.05) is 31.2 Å². The van der Waals surface area contributed by atoms with Crippen LogP contribution in [-0.2, 0) is 9.53 Å². The lowest BCUT2D eigenvalue weighted by molar-refractivity contribution is -0.124. The molecule has 1 fully saturated rings. The molecule has 34 heavy (non-hydrogen) atoms. The monoisotopic (exact) mass is 484 g/mol. The molecule has 0 bridgehead atoms. The molecule has 2 aliphatic rings. The lowest BCUT2D eigenvalue weighted by atomic mass is 9.81. The summed E-state index contributed by atoms with van der Waals surface area (Å²) in [5, 5.41) is 5.20. The fraction of sp³-hybridized carbons (Fsp3) is 0.538. The first-order valence-electron chi connectivity index (χ1n) is 12.3. The summed E-state index contributed by atoms with van der Waals surface area (Å²) < 4.78 is 5.29. The summed E-state index contributed by atoms with van der Waals surface area (Å²) in [7, 11) is 1.63. The van der Waals surface area contributed by atoms with Crippen molar-refractivity contribution in [3.05, 3.63) is 57.8 Å². The van der Waals surface area contributed by atoms with Gasteiger partial charge in [0.05, 0.1) is 18.6 Å². The number of rotatable bonds is 10. The van der Waals surface area contributed by atoms with Gasteiger partial charge in [-0.2, -0.15) is 0 Å². The Hall–Kier alpha value is -2.26. The molecule has 2 aromatic rings. The molecule has 2 amide bonds. The molecule has 184 valence electrons. The minimum atomic E-state index is -0.447. The van der Waals surface area contributed by atoms with Crippen molar-refractivity contribution in [2.24, 2.45) is 0 Å². The van der Waals surface area contributed by atoms with E-state index in [0.29, 0.717) is 25.3 Å². The third kappa shape index (κ3) is 5.51. The summed E-state index contributed by atoms with van der Waals surface area (Å²) >= 11 is 1.59. The van der Waals surface area contributed by atoms with Gasteiger partial charge < -0.3 is 24.8 Å². The lowest BCUT2D eigenvalue weighted by Crippen LogP contribution is -2.48. The Morgan fingerprint density at radius 1 is 1.09 bits per heavy atom. The molecule has 0 spiro atoms. The molecule has 3 heterocycles. The number of amides is 2. The van der Waals surface area contributed by atoms with Crippen LogP contribution >= 0.6 is 11.3 Å². The van der Waals surface area contributed by atoms with Crippen molar-refractivity contribution in [2.45, 2.75) is 25.3 Å². The molecule has 1 aromatic carbocycles. The van der Waals surface area contributed by atoms with Crippen LogP contribution in [-0.4, -0.2) is 92.6 Å². The number of ether oxygens (including phenoxy) is 1. The summed E-state index contributed by atoms with van der Waals surface area (Å²) in [6.45, 7) is 10.2. The first kappa shape index (κ1) is 24.9. The lowest BCUT2D eigenvalue weighted by Gasteiger charge is -2.41. The number of methoxy groups -OCH3 is 1. The number of nitrogens with zero attached hydrogens (tertiary/aromatic N) is 3. The van der Waals surface area contributed by atoms with Crippen LogP contribution in [0, 0.1) is 0 Å². The first-order valence-corrected chi connectivity index (χ1v) is 13.2. The fourth-order valence-corrected chi connectivity index (χ4v) is 5.91. The number of thiophene rings is 1. The van der Waals surface area contributed by atoms with E-state index in [1.54, 1.807) is 18.4 Å². The number of hydrogen-bond donors (Lipinski definition) is 1. The zero-order chi connectivity index (χ0) is 23.9. The Morgan fingerprint density at radius 3 is 2.56 bits per heavy atom. The SMILES string of the molecule is CCN1CCN(CCCNC(=O)C2c3ccccc3C(=O)N(CCOC)C2c2cccs2)CC1. The molecular formula is C26H36N4O3S. The van der Waals surface area contributed by atoms with E-state index < -0.39 is 5.92 Å². The third-order valence-corrected chi connectivity index (χ3v) is 7.90. The van der Waals surface area contributed by atoms with Crippen LogP contribution in [0.15, 0.2) is 41.8 Å². The highest BCUT2D eigenvalue weighted by Gasteiger charge is 2.44. The largest absolute Gasteiger partial charge is 0.383 e. The minimum Gasteiger partial charge on any atom is -0.383 e. The summed E-state index contributed by atoms with van der Waals surface area (Å²) in [4.78, 5) is 34.8. The molecule has 1 saturated heterocycles. The standard InChI is InChI=1S/C26H36N4O3S/c1-3-28-13-15-29(16-14-28)12-7-11-27-25(31)23-20-8-4-5-9-21(20)26(32)30(17-18-33-2)24(23)22-10-6-19-34-22/h4-6,8-10,19,23-24H,3,7,11-18H2,1-2H3,(H,27,31). The zero-order valence-electron chi connectivity index (χ0n) is 20.2. The maximum Gasteiger partial charge on any atom is 0.254 e. The van der Waals surface area contributed by atoms with Crippen molar-refractivity contribution in [1.82, 2.24) is 20.0 Å². The second kappa shape index (κ2) is 11.9. The molecule has 2 atom stereocenters. The highest BCUT2D eigenvalue weighted by Crippen LogP contribution is 2.44. The second-order valence-corrected chi connectivity index (χ2v) is 9.92. The van der Waals surface area contributed by atoms with Crippen molar-refractivity contribution < 1.29 is 14.3 Å². The quantitative estimate of drug-likeness (QED) is 0.526. The average molecular weight is 485 g/mol. The number of carbonyl (C=O) groups is 2. The number of nitrogens with one attached hydrogen (secondary N) is 1. The van der Waals surface area contributed by atoms with Gasteiger partial charge in [0.2, 0.25) is 5.91 Å². The number of piperazine rings is 1. The van der Waals surface area contributed by atoms with Crippen molar-refractivity contribution in [1.29, 1.82) is 0 Å². The van der Waals surface area contributed by atoms with Crippen LogP contribution in [0.2, 0.25) is 0 Å². The van der Waals surface area contributed by atoms with Crippen molar-refractivity contribution in [2.75, 3.05) is 66.1 Å². The molecule has 0 radical (unpaired) electrons. The van der Waals surface area contributed by atoms with Crippen molar-refractivity contribution >= 4 is 23.2 Å². The van der Waals surface area contributed by atoms with E-state index in [1.807, 2.05) is 46.7 Å². The van der Waals surface area contributed by atoms with Gasteiger partial charge >= 0.3 is 0 Å². The summed E-state index contributed by atoms with van der Waals surface area (Å²) in [5.41, 5.74) is 1.42. The van der Waals surface area contributed by atoms with E-state index in [-0.39, 0.29) is 17.9 Å². The number of carbonyl (C=O) groups excluding carboxylic acids is 2. The summed E-state index contributed by atoms with van der Waals surface area (Å²) in [6.07, 6.45) is 0.919. The summed E-state index contributed by atoms with van der Waals surface area (Å²) in [6, 6.07) is 11.2. The maximum absolute atomic E-state index is 13.6. The number of benzene rings is 1. The number of hydrogen-bond acceptors (Lipinski definition) is 6. The third-order valence-electron chi connectivity index (χ3n) is 6.95. The van der Waals surface area contributed by atoms with Gasteiger partial charge in [-0.3, -0.25) is 9.59 Å². The van der Waals surface area contributed by atoms with Gasteiger partial charge in [-0.25, -0.2) is 0 Å². The Kier molecular flexibility index (Phi) is 8.72. The Morgan fingerprint density at radius 2 is 1.85 bits per heavy atom. The van der Waals surface area contributed by atoms with E-state index in [1.165, 1.54) is 0 Å². The molecule has 2 aliphatic heterocycles. The molecule has 4 rings (SSSR count). The van der Waals surface area contributed by atoms with Gasteiger partial charge in [0.25, 0.3) is 5.91 Å². The highest BCUT2D eigenvalue weighted by atomic mass is 32.1. The molecule has 2 unspecified atom stereocenters. The molecule has 8 heteroatoms. The molecule has 1 N–H and O–H groups in total. The molecule has 0 saturated carbocycles. The van der Waals surface area contributed by atoms with Gasteiger partial charge in [-0.05, 0) is 42.6 Å². The van der Waals surface area contributed by atoms with Crippen LogP contribution in [0.25, 0.3) is 0 Å². The van der Waals surface area contributed by atoms with Gasteiger partial charge in [0, 0.05) is 56.8 Å². The topological polar surface area (TPSA) is 65.1 Å². The smallest absolute Gasteiger partial charge is 0.254 e. The minimum absolute atomic E-state index is 0.0171. The molecule has 0 aliphatic carbocycles. The van der Waals surface area contributed by atoms with Crippen molar-refractivity contribution in [3.63, 3.8) is 0 Å². The van der Waals surface area contributed by atoms with E-state index in [2.05, 4.69) is 22.0 Å². The second-order valence-electron chi connectivity index (χ2n) is 8.94. The van der Waals surface area contributed by atoms with Crippen LogP contribution in [0.3, 0.4) is 0 Å². The Bertz CT molecular complexity index is 943. The summed E-state index contributed by atoms with van der Waals surface area (Å²) in [5.74, 6) is -0.504. The number of fused-ring (bicyclic) bond motifs is 1. The fourth-order valence-electron chi connectivity index (χ4n) is 5.04. The molecule has 7 nitrogen and oxygen atoms in total. The van der Waals surface area contributed by atoms with Gasteiger partial charge in [0.15, 0.2) is 0 Å². The van der Waals surface area contributed by atoms with Gasteiger partial charge in [-0.15, -0.1) is 11.3 Å². The van der Waals surface area contributed by atoms with E-state index in [0.717, 1.165) is 56.1 Å². The van der Waals surface area contributed by atoms with Crippen LogP contribution in [0.1, 0.15) is 46.1 Å². The molecule has 1 aromatic heterocycles. The average Bonchev–Trinajstić information content (AvgIpc) is 3.41. The zero-order valence-corrected chi connectivity index (χ0v) is 21.1. The maximum atomic E-state index is 13.6. The predicted octanol–water partition coefficient (Wildman–Crippen LogP) is 2.82. The highest BCUT2D eigenvalue weighted by molar-refractivity contribution is 7.10. The van der Waals surface area contributed by atoms with Crippen LogP contribution in [0.4, 0.5) is 0 Å². The predicted molar refractivity (Wildman–Crippen MR) is 135 cm³/mol. The van der Waals surface area contributed by atoms with E-state index in [4.69, 9.17) is 4.74 Å². The Labute approximate surface area is 206 Å². The van der Waals surface area contributed by atoms with Crippen LogP contribution < -0.4 is 5.32 Å². The first-order chi connectivity index (χ1) is 16.6. The van der Waals surface area contributed by atoms with E-state index in [9.17, 15) is 9.59 Å². The van der Waals surface area contributed by atoms with Crippen LogP contribution in [0.5, 0.6) is 0 Å². The Balaban J connectivity index is 1.47. The molecular weight excluding hydrogens is 448 g/mol. The van der Waals surface area contributed by atoms with Crippen molar-refractivity contribution in [3.8, 4) is 0 Å².